The molecule has 1 aliphatic heterocycles. The molecule has 30 heavy (non-hydrogen) atoms. The molecule has 3 aromatic rings. The predicted molar refractivity (Wildman–Crippen MR) is 127 cm³/mol. The van der Waals surface area contributed by atoms with Crippen LogP contribution in [0.15, 0.2) is 60.7 Å². The molecular formula is C25H29N3OS. The van der Waals surface area contributed by atoms with E-state index in [9.17, 15) is 4.79 Å². The Morgan fingerprint density at radius 2 is 2.00 bits per heavy atom. The van der Waals surface area contributed by atoms with Crippen LogP contribution in [0.4, 0.5) is 16.4 Å². The molecule has 1 aliphatic rings. The van der Waals surface area contributed by atoms with Crippen LogP contribution < -0.4 is 15.1 Å². The number of amides is 1. The summed E-state index contributed by atoms with van der Waals surface area (Å²) < 4.78 is 0. The molecule has 0 fully saturated rings. The van der Waals surface area contributed by atoms with Crippen molar-refractivity contribution in [2.75, 3.05) is 36.0 Å². The molecule has 1 N–H and O–H groups in total. The number of anilines is 3. The second kappa shape index (κ2) is 9.35. The van der Waals surface area contributed by atoms with Crippen LogP contribution in [-0.2, 0) is 6.42 Å². The van der Waals surface area contributed by atoms with Gasteiger partial charge in [-0.25, -0.2) is 0 Å². The van der Waals surface area contributed by atoms with Crippen molar-refractivity contribution in [1.82, 2.24) is 5.32 Å². The first-order valence-electron chi connectivity index (χ1n) is 10.7. The number of hydrogen-bond donors (Lipinski definition) is 1. The molecule has 4 rings (SSSR count). The summed E-state index contributed by atoms with van der Waals surface area (Å²) in [5.74, 6) is 0.0253. The summed E-state index contributed by atoms with van der Waals surface area (Å²) in [5, 5.41) is 4.23. The maximum Gasteiger partial charge on any atom is 0.261 e. The molecule has 0 aliphatic carbocycles. The fourth-order valence-corrected chi connectivity index (χ4v) is 4.98. The second-order valence-electron chi connectivity index (χ2n) is 7.70. The lowest BCUT2D eigenvalue weighted by Gasteiger charge is -2.23. The van der Waals surface area contributed by atoms with E-state index in [1.807, 2.05) is 6.07 Å². The Hall–Kier alpha value is -2.79. The first-order chi connectivity index (χ1) is 14.7. The highest BCUT2D eigenvalue weighted by atomic mass is 32.1. The number of carbonyl (C=O) groups excluding carboxylic acids is 1. The van der Waals surface area contributed by atoms with Gasteiger partial charge in [-0.2, -0.15) is 0 Å². The minimum atomic E-state index is 0.0253. The van der Waals surface area contributed by atoms with E-state index in [1.165, 1.54) is 22.5 Å². The highest BCUT2D eigenvalue weighted by Gasteiger charge is 2.22. The van der Waals surface area contributed by atoms with E-state index in [-0.39, 0.29) is 5.91 Å². The van der Waals surface area contributed by atoms with Crippen molar-refractivity contribution in [1.29, 1.82) is 0 Å². The summed E-state index contributed by atoms with van der Waals surface area (Å²) in [7, 11) is 0. The standard InChI is InChI=1S/C25H29N3OS/c1-3-27(21-10-6-8-19(2)18-21)16-7-15-26-25(29)23-12-13-24(30-23)28-17-14-20-9-4-5-11-22(20)28/h4-6,8-13,18H,3,7,14-17H2,1-2H3,(H,26,29). The number of fused-ring (bicyclic) bond motifs is 1. The molecule has 4 nitrogen and oxygen atoms in total. The lowest BCUT2D eigenvalue weighted by atomic mass is 10.2. The van der Waals surface area contributed by atoms with Crippen molar-refractivity contribution >= 4 is 33.6 Å². The average molecular weight is 420 g/mol. The summed E-state index contributed by atoms with van der Waals surface area (Å²) in [4.78, 5) is 18.1. The highest BCUT2D eigenvalue weighted by Crippen LogP contribution is 2.38. The number of nitrogens with one attached hydrogen (secondary N) is 1. The number of thiophene rings is 1. The van der Waals surface area contributed by atoms with Crippen molar-refractivity contribution in [3.63, 3.8) is 0 Å². The van der Waals surface area contributed by atoms with Gasteiger partial charge in [-0.05, 0) is 68.1 Å². The lowest BCUT2D eigenvalue weighted by Crippen LogP contribution is -2.29. The van der Waals surface area contributed by atoms with Crippen LogP contribution in [0.1, 0.15) is 34.1 Å². The maximum absolute atomic E-state index is 12.6. The van der Waals surface area contributed by atoms with Crippen molar-refractivity contribution in [3.8, 4) is 0 Å². The predicted octanol–water partition coefficient (Wildman–Crippen LogP) is 5.40. The summed E-state index contributed by atoms with van der Waals surface area (Å²) in [6.07, 6.45) is 1.98. The van der Waals surface area contributed by atoms with Crippen LogP contribution in [0.3, 0.4) is 0 Å². The van der Waals surface area contributed by atoms with E-state index in [4.69, 9.17) is 0 Å². The Kier molecular flexibility index (Phi) is 6.38. The zero-order chi connectivity index (χ0) is 20.9. The number of hydrogen-bond acceptors (Lipinski definition) is 4. The molecule has 0 radical (unpaired) electrons. The van der Waals surface area contributed by atoms with Crippen LogP contribution in [0.5, 0.6) is 0 Å². The Labute approximate surface area is 183 Å². The minimum Gasteiger partial charge on any atom is -0.372 e. The first-order valence-corrected chi connectivity index (χ1v) is 11.5. The van der Waals surface area contributed by atoms with Gasteiger partial charge >= 0.3 is 0 Å². The Morgan fingerprint density at radius 3 is 2.83 bits per heavy atom. The number of benzene rings is 2. The van der Waals surface area contributed by atoms with E-state index < -0.39 is 0 Å². The summed E-state index contributed by atoms with van der Waals surface area (Å²) in [6.45, 7) is 7.84. The van der Waals surface area contributed by atoms with Crippen LogP contribution in [0, 0.1) is 6.92 Å². The number of para-hydroxylation sites is 1. The average Bonchev–Trinajstić information content (AvgIpc) is 3.41. The van der Waals surface area contributed by atoms with Crippen LogP contribution in [-0.4, -0.2) is 32.1 Å². The van der Waals surface area contributed by atoms with Gasteiger partial charge in [-0.3, -0.25) is 4.79 Å². The van der Waals surface area contributed by atoms with Crippen molar-refractivity contribution in [2.45, 2.75) is 26.7 Å². The SMILES string of the molecule is CCN(CCCNC(=O)c1ccc(N2CCc3ccccc32)s1)c1cccc(C)c1. The van der Waals surface area contributed by atoms with Crippen LogP contribution in [0.2, 0.25) is 0 Å². The molecule has 156 valence electrons. The third kappa shape index (κ3) is 4.51. The largest absolute Gasteiger partial charge is 0.372 e. The van der Waals surface area contributed by atoms with Gasteiger partial charge in [0.1, 0.15) is 0 Å². The molecule has 0 atom stereocenters. The number of rotatable bonds is 8. The van der Waals surface area contributed by atoms with E-state index in [2.05, 4.69) is 83.6 Å². The molecule has 1 amide bonds. The van der Waals surface area contributed by atoms with Crippen molar-refractivity contribution < 1.29 is 4.79 Å². The molecule has 2 aromatic carbocycles. The number of aryl methyl sites for hydroxylation is 1. The van der Waals surface area contributed by atoms with Crippen molar-refractivity contribution in [3.05, 3.63) is 76.7 Å². The van der Waals surface area contributed by atoms with E-state index in [1.54, 1.807) is 11.3 Å². The molecule has 0 bridgehead atoms. The number of carbonyl (C=O) groups is 1. The summed E-state index contributed by atoms with van der Waals surface area (Å²) >= 11 is 1.57. The fourth-order valence-electron chi connectivity index (χ4n) is 4.02. The normalized spacial score (nSPS) is 12.7. The van der Waals surface area contributed by atoms with Gasteiger partial charge in [0.2, 0.25) is 0 Å². The number of nitrogens with zero attached hydrogens (tertiary/aromatic N) is 2. The Morgan fingerprint density at radius 1 is 1.13 bits per heavy atom. The third-order valence-corrected chi connectivity index (χ3v) is 6.71. The molecular weight excluding hydrogens is 390 g/mol. The molecule has 0 unspecified atom stereocenters. The zero-order valence-electron chi connectivity index (χ0n) is 17.7. The minimum absolute atomic E-state index is 0.0253. The lowest BCUT2D eigenvalue weighted by molar-refractivity contribution is 0.0957. The topological polar surface area (TPSA) is 35.6 Å². The van der Waals surface area contributed by atoms with Crippen LogP contribution in [0.25, 0.3) is 0 Å². The maximum atomic E-state index is 12.6. The van der Waals surface area contributed by atoms with Gasteiger partial charge in [0.25, 0.3) is 5.91 Å². The molecule has 0 saturated carbocycles. The van der Waals surface area contributed by atoms with Gasteiger partial charge in [0, 0.05) is 37.6 Å². The third-order valence-electron chi connectivity index (χ3n) is 5.61. The van der Waals surface area contributed by atoms with Gasteiger partial charge in [0.05, 0.1) is 9.88 Å². The van der Waals surface area contributed by atoms with E-state index in [0.717, 1.165) is 42.4 Å². The molecule has 0 saturated heterocycles. The quantitative estimate of drug-likeness (QED) is 0.497. The summed E-state index contributed by atoms with van der Waals surface area (Å²) in [5.41, 5.74) is 5.17. The summed E-state index contributed by atoms with van der Waals surface area (Å²) in [6, 6.07) is 21.1. The van der Waals surface area contributed by atoms with Gasteiger partial charge in [0.15, 0.2) is 0 Å². The van der Waals surface area contributed by atoms with E-state index in [0.29, 0.717) is 6.54 Å². The molecule has 5 heteroatoms. The molecule has 0 spiro atoms. The highest BCUT2D eigenvalue weighted by molar-refractivity contribution is 7.18. The Bertz CT molecular complexity index is 1010. The van der Waals surface area contributed by atoms with Crippen molar-refractivity contribution in [2.24, 2.45) is 0 Å². The first kappa shape index (κ1) is 20.5. The zero-order valence-corrected chi connectivity index (χ0v) is 18.5. The molecule has 1 aromatic heterocycles. The van der Waals surface area contributed by atoms with Gasteiger partial charge in [-0.15, -0.1) is 11.3 Å². The molecule has 2 heterocycles. The monoisotopic (exact) mass is 419 g/mol. The second-order valence-corrected chi connectivity index (χ2v) is 8.76. The van der Waals surface area contributed by atoms with Gasteiger partial charge in [-0.1, -0.05) is 30.3 Å². The van der Waals surface area contributed by atoms with E-state index >= 15 is 0 Å². The fraction of sp³-hybridized carbons (Fsp3) is 0.320. The van der Waals surface area contributed by atoms with Gasteiger partial charge < -0.3 is 15.1 Å². The van der Waals surface area contributed by atoms with Crippen LogP contribution >= 0.6 is 11.3 Å². The Balaban J connectivity index is 1.29. The smallest absolute Gasteiger partial charge is 0.261 e.